The Morgan fingerprint density at radius 1 is 1.00 bits per heavy atom. The second-order valence-electron chi connectivity index (χ2n) is 7.51. The van der Waals surface area contributed by atoms with Gasteiger partial charge in [0.05, 0.1) is 4.92 Å². The summed E-state index contributed by atoms with van der Waals surface area (Å²) in [7, 11) is 0. The van der Waals surface area contributed by atoms with Crippen LogP contribution in [0.3, 0.4) is 0 Å². The van der Waals surface area contributed by atoms with Crippen LogP contribution in [-0.4, -0.2) is 15.3 Å². The van der Waals surface area contributed by atoms with Gasteiger partial charge in [-0.05, 0) is 42.7 Å². The summed E-state index contributed by atoms with van der Waals surface area (Å²) in [5.74, 6) is -0.166. The molecule has 1 aromatic heterocycles. The average Bonchev–Trinajstić information content (AvgIpc) is 3.05. The summed E-state index contributed by atoms with van der Waals surface area (Å²) in [4.78, 5) is 23.5. The summed E-state index contributed by atoms with van der Waals surface area (Å²) in [5, 5.41) is 11.0. The molecular weight excluding hydrogens is 458 g/mol. The average molecular weight is 480 g/mol. The normalized spacial score (nSPS) is 10.6. The Kier molecular flexibility index (Phi) is 6.65. The van der Waals surface area contributed by atoms with Crippen molar-refractivity contribution in [1.82, 2.24) is 4.57 Å². The van der Waals surface area contributed by atoms with E-state index in [1.165, 1.54) is 23.3 Å². The molecule has 6 nitrogen and oxygen atoms in total. The highest BCUT2D eigenvalue weighted by Gasteiger charge is 2.21. The van der Waals surface area contributed by atoms with E-state index < -0.39 is 4.92 Å². The first-order valence-electron chi connectivity index (χ1n) is 9.73. The first-order valence-corrected chi connectivity index (χ1v) is 9.73. The van der Waals surface area contributed by atoms with Crippen LogP contribution in [-0.2, 0) is 13.1 Å². The summed E-state index contributed by atoms with van der Waals surface area (Å²) < 4.78 is 4.06. The highest BCUT2D eigenvalue weighted by atomic mass is 79.9. The summed E-state index contributed by atoms with van der Waals surface area (Å²) in [5.41, 5.74) is 5.78. The summed E-state index contributed by atoms with van der Waals surface area (Å²) in [6.45, 7) is 4.93. The minimum absolute atomic E-state index is 0. The highest BCUT2D eigenvalue weighted by molar-refractivity contribution is 5.97. The van der Waals surface area contributed by atoms with Crippen LogP contribution in [0.15, 0.2) is 73.1 Å². The molecular formula is C24H22BrN3O3. The molecule has 0 spiro atoms. The molecule has 7 heteroatoms. The van der Waals surface area contributed by atoms with Crippen LogP contribution in [0.4, 0.5) is 5.69 Å². The first-order chi connectivity index (χ1) is 14.4. The van der Waals surface area contributed by atoms with Crippen molar-refractivity contribution >= 4 is 22.5 Å². The lowest BCUT2D eigenvalue weighted by Crippen LogP contribution is -3.00. The minimum Gasteiger partial charge on any atom is -1.00 e. The number of hydrogen-bond acceptors (Lipinski definition) is 3. The number of hydrogen-bond donors (Lipinski definition) is 0. The third kappa shape index (κ3) is 4.72. The molecule has 0 N–H and O–H groups in total. The molecule has 0 radical (unpaired) electrons. The number of Topliss-reactive ketones (excluding diaryl/α,β-unsaturated/α-hetero) is 1. The number of imidazole rings is 1. The number of benzene rings is 3. The van der Waals surface area contributed by atoms with Gasteiger partial charge in [0.2, 0.25) is 12.1 Å². The number of nitrogens with zero attached hydrogens (tertiary/aromatic N) is 3. The lowest BCUT2D eigenvalue weighted by molar-refractivity contribution is -0.663. The Morgan fingerprint density at radius 3 is 2.42 bits per heavy atom. The third-order valence-electron chi connectivity index (χ3n) is 5.38. The van der Waals surface area contributed by atoms with Crippen LogP contribution < -0.4 is 21.5 Å². The van der Waals surface area contributed by atoms with E-state index in [4.69, 9.17) is 0 Å². The summed E-state index contributed by atoms with van der Waals surface area (Å²) in [6.07, 6.45) is 1.95. The molecule has 0 unspecified atom stereocenters. The van der Waals surface area contributed by atoms with Crippen molar-refractivity contribution in [2.24, 2.45) is 0 Å². The number of aromatic nitrogens is 2. The lowest BCUT2D eigenvalue weighted by atomic mass is 10.1. The topological polar surface area (TPSA) is 69.0 Å². The second-order valence-corrected chi connectivity index (χ2v) is 7.51. The number of carbonyl (C=O) groups excluding carboxylic acids is 1. The molecule has 0 aliphatic carbocycles. The smallest absolute Gasteiger partial charge is 0.270 e. The van der Waals surface area contributed by atoms with Gasteiger partial charge in [0.25, 0.3) is 5.69 Å². The van der Waals surface area contributed by atoms with E-state index in [-0.39, 0.29) is 35.0 Å². The minimum atomic E-state index is -0.484. The third-order valence-corrected chi connectivity index (χ3v) is 5.38. The second kappa shape index (κ2) is 9.22. The molecule has 3 aromatic carbocycles. The molecule has 0 amide bonds. The van der Waals surface area contributed by atoms with Gasteiger partial charge >= 0.3 is 0 Å². The zero-order valence-electron chi connectivity index (χ0n) is 17.3. The Morgan fingerprint density at radius 2 is 1.71 bits per heavy atom. The number of halogens is 1. The van der Waals surface area contributed by atoms with Crippen LogP contribution >= 0.6 is 0 Å². The van der Waals surface area contributed by atoms with Crippen LogP contribution in [0, 0.1) is 24.0 Å². The van der Waals surface area contributed by atoms with Gasteiger partial charge in [0.1, 0.15) is 6.54 Å². The number of ketones is 1. The van der Waals surface area contributed by atoms with Crippen LogP contribution in [0.5, 0.6) is 0 Å². The molecule has 158 valence electrons. The standard InChI is InChI=1S/C24H22N3O3.BrH/c1-17-11-22-23(12-18(17)2)26(16-25(22)14-19-7-4-3-5-8-19)15-24(28)20-9-6-10-21(13-20)27(29)30;/h3-13,16H,14-15H2,1-2H3;1H/q+1;/p-1. The maximum Gasteiger partial charge on any atom is 0.270 e. The van der Waals surface area contributed by atoms with Gasteiger partial charge < -0.3 is 17.0 Å². The zero-order chi connectivity index (χ0) is 21.3. The van der Waals surface area contributed by atoms with Gasteiger partial charge in [-0.1, -0.05) is 42.5 Å². The quantitative estimate of drug-likeness (QED) is 0.181. The van der Waals surface area contributed by atoms with Gasteiger partial charge in [-0.2, -0.15) is 0 Å². The number of carbonyl (C=O) groups is 1. The molecule has 1 heterocycles. The first kappa shape index (κ1) is 22.4. The Hall–Kier alpha value is -3.32. The van der Waals surface area contributed by atoms with Crippen molar-refractivity contribution in [3.63, 3.8) is 0 Å². The van der Waals surface area contributed by atoms with E-state index in [1.807, 2.05) is 29.1 Å². The molecule has 0 bridgehead atoms. The molecule has 0 aliphatic rings. The van der Waals surface area contributed by atoms with Gasteiger partial charge in [0.15, 0.2) is 17.6 Å². The Balaban J connectivity index is 0.00000272. The van der Waals surface area contributed by atoms with Crippen LogP contribution in [0.1, 0.15) is 27.0 Å². The predicted molar refractivity (Wildman–Crippen MR) is 115 cm³/mol. The fourth-order valence-electron chi connectivity index (χ4n) is 3.61. The largest absolute Gasteiger partial charge is 1.00 e. The van der Waals surface area contributed by atoms with E-state index >= 15 is 0 Å². The fraction of sp³-hybridized carbons (Fsp3) is 0.167. The molecule has 0 atom stereocenters. The molecule has 0 fully saturated rings. The molecule has 4 rings (SSSR count). The number of nitro benzene ring substituents is 1. The number of rotatable bonds is 6. The van der Waals surface area contributed by atoms with Crippen LogP contribution in [0.25, 0.3) is 11.0 Å². The Labute approximate surface area is 190 Å². The van der Waals surface area contributed by atoms with Crippen molar-refractivity contribution in [1.29, 1.82) is 0 Å². The van der Waals surface area contributed by atoms with E-state index in [0.717, 1.165) is 16.6 Å². The fourth-order valence-corrected chi connectivity index (χ4v) is 3.61. The maximum absolute atomic E-state index is 12.9. The molecule has 0 saturated carbocycles. The van der Waals surface area contributed by atoms with Crippen LogP contribution in [0.2, 0.25) is 0 Å². The maximum atomic E-state index is 12.9. The van der Waals surface area contributed by atoms with Crippen molar-refractivity contribution in [3.05, 3.63) is 105 Å². The predicted octanol–water partition coefficient (Wildman–Crippen LogP) is 1.39. The lowest BCUT2D eigenvalue weighted by Gasteiger charge is -2.02. The van der Waals surface area contributed by atoms with Gasteiger partial charge in [-0.25, -0.2) is 9.13 Å². The number of non-ortho nitro benzene ring substituents is 1. The van der Waals surface area contributed by atoms with E-state index in [2.05, 4.69) is 42.7 Å². The van der Waals surface area contributed by atoms with E-state index in [9.17, 15) is 14.9 Å². The van der Waals surface area contributed by atoms with Crippen molar-refractivity contribution in [2.45, 2.75) is 26.9 Å². The summed E-state index contributed by atoms with van der Waals surface area (Å²) >= 11 is 0. The van der Waals surface area contributed by atoms with Gasteiger partial charge in [0, 0.05) is 17.7 Å². The van der Waals surface area contributed by atoms with E-state index in [0.29, 0.717) is 12.1 Å². The molecule has 0 saturated heterocycles. The van der Waals surface area contributed by atoms with Crippen molar-refractivity contribution < 1.29 is 31.3 Å². The number of nitro groups is 1. The SMILES string of the molecule is Cc1cc2c(cc1C)[n+](Cc1ccccc1)cn2CC(=O)c1cccc([N+](=O)[O-])c1.[Br-]. The van der Waals surface area contributed by atoms with Gasteiger partial charge in [-0.3, -0.25) is 14.9 Å². The number of aryl methyl sites for hydroxylation is 2. The molecule has 4 aromatic rings. The van der Waals surface area contributed by atoms with Crippen molar-refractivity contribution in [2.75, 3.05) is 0 Å². The van der Waals surface area contributed by atoms with Crippen molar-refractivity contribution in [3.8, 4) is 0 Å². The highest BCUT2D eigenvalue weighted by Crippen LogP contribution is 2.20. The molecule has 31 heavy (non-hydrogen) atoms. The monoisotopic (exact) mass is 479 g/mol. The molecule has 0 aliphatic heterocycles. The zero-order valence-corrected chi connectivity index (χ0v) is 18.9. The summed E-state index contributed by atoms with van der Waals surface area (Å²) in [6, 6.07) is 20.3. The van der Waals surface area contributed by atoms with E-state index in [1.54, 1.807) is 12.1 Å². The Bertz CT molecular complexity index is 1270. The van der Waals surface area contributed by atoms with Gasteiger partial charge in [-0.15, -0.1) is 0 Å². The number of fused-ring (bicyclic) bond motifs is 1.